The molecule has 6 atom stereocenters. The zero-order valence-electron chi connectivity index (χ0n) is 11.0. The van der Waals surface area contributed by atoms with E-state index in [1.807, 2.05) is 6.92 Å². The van der Waals surface area contributed by atoms with E-state index in [4.69, 9.17) is 9.47 Å². The highest BCUT2D eigenvalue weighted by Gasteiger charge is 2.65. The number of ether oxygens (including phenoxy) is 2. The Bertz CT molecular complexity index is 494. The fourth-order valence-electron chi connectivity index (χ4n) is 3.96. The SMILES string of the molecule is C=C[C@]12C[C@H]3OC(=O)C(=C)[C@H]3[C@H](O[C@H]1O)[C@@H]2C(=C)C. The molecule has 3 fully saturated rings. The van der Waals surface area contributed by atoms with Crippen LogP contribution in [0.15, 0.2) is 37.0 Å². The van der Waals surface area contributed by atoms with Gasteiger partial charge in [-0.1, -0.05) is 24.8 Å². The van der Waals surface area contributed by atoms with Gasteiger partial charge >= 0.3 is 5.97 Å². The number of esters is 1. The number of aliphatic hydroxyl groups is 1. The Morgan fingerprint density at radius 1 is 1.58 bits per heavy atom. The van der Waals surface area contributed by atoms with Gasteiger partial charge in [-0.3, -0.25) is 0 Å². The molecule has 0 unspecified atom stereocenters. The second-order valence-electron chi connectivity index (χ2n) is 5.79. The van der Waals surface area contributed by atoms with Gasteiger partial charge in [0, 0.05) is 11.5 Å². The summed E-state index contributed by atoms with van der Waals surface area (Å²) in [6.45, 7) is 13.6. The van der Waals surface area contributed by atoms with E-state index in [0.717, 1.165) is 5.57 Å². The van der Waals surface area contributed by atoms with Crippen LogP contribution in [0.1, 0.15) is 13.3 Å². The van der Waals surface area contributed by atoms with E-state index in [2.05, 4.69) is 19.7 Å². The highest BCUT2D eigenvalue weighted by molar-refractivity contribution is 5.91. The van der Waals surface area contributed by atoms with Crippen LogP contribution in [-0.4, -0.2) is 29.6 Å². The van der Waals surface area contributed by atoms with Crippen LogP contribution in [0.25, 0.3) is 0 Å². The molecular formula is C15H18O4. The molecule has 1 N–H and O–H groups in total. The highest BCUT2D eigenvalue weighted by Crippen LogP contribution is 2.59. The molecule has 4 heteroatoms. The van der Waals surface area contributed by atoms with Gasteiger partial charge < -0.3 is 14.6 Å². The summed E-state index contributed by atoms with van der Waals surface area (Å²) >= 11 is 0. The van der Waals surface area contributed by atoms with E-state index in [0.29, 0.717) is 12.0 Å². The predicted molar refractivity (Wildman–Crippen MR) is 68.9 cm³/mol. The number of carbonyl (C=O) groups is 1. The maximum absolute atomic E-state index is 11.7. The third-order valence-corrected chi connectivity index (χ3v) is 4.80. The van der Waals surface area contributed by atoms with Gasteiger partial charge in [-0.2, -0.15) is 0 Å². The van der Waals surface area contributed by atoms with Crippen molar-refractivity contribution in [3.8, 4) is 0 Å². The second kappa shape index (κ2) is 3.81. The van der Waals surface area contributed by atoms with Crippen LogP contribution in [0.5, 0.6) is 0 Å². The Balaban J connectivity index is 2.09. The molecular weight excluding hydrogens is 244 g/mol. The van der Waals surface area contributed by atoms with E-state index in [1.54, 1.807) is 6.08 Å². The smallest absolute Gasteiger partial charge is 0.334 e. The number of carbonyl (C=O) groups excluding carboxylic acids is 1. The zero-order chi connectivity index (χ0) is 13.9. The maximum atomic E-state index is 11.7. The lowest BCUT2D eigenvalue weighted by molar-refractivity contribution is -0.142. The third kappa shape index (κ3) is 1.38. The maximum Gasteiger partial charge on any atom is 0.334 e. The van der Waals surface area contributed by atoms with Gasteiger partial charge in [0.2, 0.25) is 0 Å². The Morgan fingerprint density at radius 3 is 2.84 bits per heavy atom. The van der Waals surface area contributed by atoms with Crippen LogP contribution in [-0.2, 0) is 14.3 Å². The summed E-state index contributed by atoms with van der Waals surface area (Å²) in [7, 11) is 0. The molecule has 0 amide bonds. The molecule has 0 radical (unpaired) electrons. The predicted octanol–water partition coefficient (Wildman–Crippen LogP) is 1.57. The van der Waals surface area contributed by atoms with Gasteiger partial charge in [-0.15, -0.1) is 6.58 Å². The molecule has 4 nitrogen and oxygen atoms in total. The number of rotatable bonds is 2. The Hall–Kier alpha value is -1.39. The summed E-state index contributed by atoms with van der Waals surface area (Å²) < 4.78 is 11.1. The van der Waals surface area contributed by atoms with Crippen LogP contribution in [0.4, 0.5) is 0 Å². The largest absolute Gasteiger partial charge is 0.458 e. The highest BCUT2D eigenvalue weighted by atomic mass is 16.6. The summed E-state index contributed by atoms with van der Waals surface area (Å²) in [5.74, 6) is -0.618. The molecule has 3 aliphatic rings. The molecule has 1 saturated carbocycles. The molecule has 1 aliphatic carbocycles. The average molecular weight is 262 g/mol. The minimum atomic E-state index is -0.936. The van der Waals surface area contributed by atoms with Crippen molar-refractivity contribution in [2.75, 3.05) is 0 Å². The molecule has 102 valence electrons. The van der Waals surface area contributed by atoms with E-state index in [1.165, 1.54) is 0 Å². The molecule has 2 bridgehead atoms. The number of hydrogen-bond donors (Lipinski definition) is 1. The van der Waals surface area contributed by atoms with Crippen molar-refractivity contribution in [3.05, 3.63) is 37.0 Å². The van der Waals surface area contributed by atoms with E-state index in [9.17, 15) is 9.90 Å². The lowest BCUT2D eigenvalue weighted by Crippen LogP contribution is -2.47. The average Bonchev–Trinajstić information content (AvgIpc) is 2.74. The van der Waals surface area contributed by atoms with Crippen molar-refractivity contribution < 1.29 is 19.4 Å². The second-order valence-corrected chi connectivity index (χ2v) is 5.79. The minimum absolute atomic E-state index is 0.0625. The van der Waals surface area contributed by atoms with Crippen LogP contribution in [0.2, 0.25) is 0 Å². The molecule has 0 aromatic rings. The topological polar surface area (TPSA) is 55.8 Å². The normalized spacial score (nSPS) is 47.8. The van der Waals surface area contributed by atoms with Gasteiger partial charge in [-0.05, 0) is 13.3 Å². The van der Waals surface area contributed by atoms with Gasteiger partial charge in [0.05, 0.1) is 17.4 Å². The Morgan fingerprint density at radius 2 is 2.26 bits per heavy atom. The fraction of sp³-hybridized carbons (Fsp3) is 0.533. The number of hydrogen-bond acceptors (Lipinski definition) is 4. The van der Waals surface area contributed by atoms with Crippen LogP contribution < -0.4 is 0 Å². The Labute approximate surface area is 112 Å². The summed E-state index contributed by atoms with van der Waals surface area (Å²) in [4.78, 5) is 11.7. The van der Waals surface area contributed by atoms with Gasteiger partial charge in [-0.25, -0.2) is 4.79 Å². The first kappa shape index (κ1) is 12.6. The molecule has 2 heterocycles. The van der Waals surface area contributed by atoms with Crippen LogP contribution >= 0.6 is 0 Å². The van der Waals surface area contributed by atoms with Crippen LogP contribution in [0, 0.1) is 17.3 Å². The molecule has 2 saturated heterocycles. The summed E-state index contributed by atoms with van der Waals surface area (Å²) in [5, 5.41) is 10.3. The quantitative estimate of drug-likeness (QED) is 0.466. The first-order chi connectivity index (χ1) is 8.92. The molecule has 19 heavy (non-hydrogen) atoms. The standard InChI is InChI=1S/C15H18O4/c1-5-15-6-9-10(8(4)13(16)18-9)12(19-14(15)17)11(15)7(2)3/h5,9-12,14,17H,1-2,4,6H2,3H3/t9-,10-,11+,12+,14-,15-/m1/s1. The zero-order valence-corrected chi connectivity index (χ0v) is 11.0. The monoisotopic (exact) mass is 262 g/mol. The third-order valence-electron chi connectivity index (χ3n) is 4.80. The summed E-state index contributed by atoms with van der Waals surface area (Å²) in [5.41, 5.74) is 0.739. The van der Waals surface area contributed by atoms with Crippen molar-refractivity contribution in [2.24, 2.45) is 17.3 Å². The summed E-state index contributed by atoms with van der Waals surface area (Å²) in [6, 6.07) is 0. The lowest BCUT2D eigenvalue weighted by atomic mass is 9.60. The van der Waals surface area contributed by atoms with Crippen molar-refractivity contribution in [1.29, 1.82) is 0 Å². The molecule has 0 aromatic heterocycles. The van der Waals surface area contributed by atoms with Gasteiger partial charge in [0.1, 0.15) is 6.10 Å². The van der Waals surface area contributed by atoms with Crippen molar-refractivity contribution in [3.63, 3.8) is 0 Å². The Kier molecular flexibility index (Phi) is 2.53. The van der Waals surface area contributed by atoms with Crippen LogP contribution in [0.3, 0.4) is 0 Å². The number of fused-ring (bicyclic) bond motifs is 4. The van der Waals surface area contributed by atoms with Crippen molar-refractivity contribution >= 4 is 5.97 Å². The van der Waals surface area contributed by atoms with Gasteiger partial charge in [0.15, 0.2) is 6.29 Å². The van der Waals surface area contributed by atoms with Crippen molar-refractivity contribution in [1.82, 2.24) is 0 Å². The summed E-state index contributed by atoms with van der Waals surface area (Å²) in [6.07, 6.45) is 0.691. The van der Waals surface area contributed by atoms with E-state index >= 15 is 0 Å². The van der Waals surface area contributed by atoms with E-state index in [-0.39, 0.29) is 30.0 Å². The van der Waals surface area contributed by atoms with Crippen molar-refractivity contribution in [2.45, 2.75) is 31.8 Å². The molecule has 3 rings (SSSR count). The first-order valence-corrected chi connectivity index (χ1v) is 6.44. The van der Waals surface area contributed by atoms with E-state index < -0.39 is 11.7 Å². The minimum Gasteiger partial charge on any atom is -0.458 e. The molecule has 2 aliphatic heterocycles. The fourth-order valence-corrected chi connectivity index (χ4v) is 3.96. The molecule has 0 aromatic carbocycles. The lowest BCUT2D eigenvalue weighted by Gasteiger charge is -2.42. The van der Waals surface area contributed by atoms with Gasteiger partial charge in [0.25, 0.3) is 0 Å². The molecule has 0 spiro atoms. The number of aliphatic hydroxyl groups excluding tert-OH is 1. The first-order valence-electron chi connectivity index (χ1n) is 6.44.